The quantitative estimate of drug-likeness (QED) is 0.920. The Labute approximate surface area is 121 Å². The third kappa shape index (κ3) is 2.01. The lowest BCUT2D eigenvalue weighted by Gasteiger charge is -2.44. The molecule has 0 radical (unpaired) electrons. The first kappa shape index (κ1) is 12.3. The first-order chi connectivity index (χ1) is 9.81. The zero-order valence-electron chi connectivity index (χ0n) is 11.2. The van der Waals surface area contributed by atoms with Gasteiger partial charge in [0.15, 0.2) is 0 Å². The molecule has 1 atom stereocenters. The van der Waals surface area contributed by atoms with Crippen LogP contribution in [0.1, 0.15) is 23.2 Å². The van der Waals surface area contributed by atoms with Gasteiger partial charge in [0.1, 0.15) is 0 Å². The van der Waals surface area contributed by atoms with Crippen LogP contribution in [-0.4, -0.2) is 41.5 Å². The van der Waals surface area contributed by atoms with Gasteiger partial charge in [-0.25, -0.2) is 4.98 Å². The summed E-state index contributed by atoms with van der Waals surface area (Å²) in [5.74, 6) is 0.711. The molecule has 1 aromatic heterocycles. The van der Waals surface area contributed by atoms with Crippen molar-refractivity contribution in [3.63, 3.8) is 0 Å². The summed E-state index contributed by atoms with van der Waals surface area (Å²) in [6, 6.07) is 6.08. The number of hydrogen-bond acceptors (Lipinski definition) is 4. The van der Waals surface area contributed by atoms with E-state index in [1.54, 1.807) is 5.51 Å². The molecule has 20 heavy (non-hydrogen) atoms. The molecule has 3 aliphatic heterocycles. The van der Waals surface area contributed by atoms with Crippen molar-refractivity contribution in [3.8, 4) is 0 Å². The van der Waals surface area contributed by atoms with E-state index in [0.29, 0.717) is 12.0 Å². The third-order valence-corrected chi connectivity index (χ3v) is 5.45. The summed E-state index contributed by atoms with van der Waals surface area (Å²) in [5.41, 5.74) is 3.48. The number of benzene rings is 1. The molecule has 5 rings (SSSR count). The Morgan fingerprint density at radius 3 is 2.95 bits per heavy atom. The van der Waals surface area contributed by atoms with Crippen molar-refractivity contribution in [1.82, 2.24) is 15.2 Å². The number of thiazole rings is 1. The van der Waals surface area contributed by atoms with Gasteiger partial charge in [-0.3, -0.25) is 4.79 Å². The second kappa shape index (κ2) is 4.82. The van der Waals surface area contributed by atoms with E-state index in [0.717, 1.165) is 22.3 Å². The molecule has 3 aliphatic rings. The van der Waals surface area contributed by atoms with Crippen molar-refractivity contribution >= 4 is 27.5 Å². The molecular formula is C15H17N3OS. The highest BCUT2D eigenvalue weighted by Crippen LogP contribution is 2.28. The van der Waals surface area contributed by atoms with Crippen LogP contribution in [-0.2, 0) is 0 Å². The minimum absolute atomic E-state index is 0.0543. The van der Waals surface area contributed by atoms with Crippen molar-refractivity contribution in [2.45, 2.75) is 18.9 Å². The number of carbonyl (C=O) groups is 1. The van der Waals surface area contributed by atoms with Gasteiger partial charge in [0.05, 0.1) is 21.3 Å². The lowest BCUT2D eigenvalue weighted by atomic mass is 9.84. The SMILES string of the molecule is O=C(N[C@H]1CN2CCC1CC2)c1cccc2ncsc12. The van der Waals surface area contributed by atoms with E-state index < -0.39 is 0 Å². The Hall–Kier alpha value is -1.46. The van der Waals surface area contributed by atoms with Gasteiger partial charge in [-0.15, -0.1) is 11.3 Å². The molecule has 0 saturated carbocycles. The summed E-state index contributed by atoms with van der Waals surface area (Å²) < 4.78 is 0.992. The van der Waals surface area contributed by atoms with Crippen molar-refractivity contribution < 1.29 is 4.79 Å². The smallest absolute Gasteiger partial charge is 0.253 e. The van der Waals surface area contributed by atoms with Gasteiger partial charge in [-0.05, 0) is 44.0 Å². The second-order valence-electron chi connectivity index (χ2n) is 5.72. The highest BCUT2D eigenvalue weighted by molar-refractivity contribution is 7.17. The van der Waals surface area contributed by atoms with Crippen LogP contribution in [0.15, 0.2) is 23.7 Å². The molecule has 2 aromatic rings. The molecule has 3 saturated heterocycles. The van der Waals surface area contributed by atoms with Crippen molar-refractivity contribution in [2.75, 3.05) is 19.6 Å². The summed E-state index contributed by atoms with van der Waals surface area (Å²) in [5, 5.41) is 3.25. The predicted molar refractivity (Wildman–Crippen MR) is 80.0 cm³/mol. The average molecular weight is 287 g/mol. The maximum atomic E-state index is 12.6. The Bertz CT molecular complexity index is 645. The number of fused-ring (bicyclic) bond motifs is 4. The molecule has 3 fully saturated rings. The van der Waals surface area contributed by atoms with Crippen LogP contribution < -0.4 is 5.32 Å². The molecule has 1 N–H and O–H groups in total. The van der Waals surface area contributed by atoms with Crippen LogP contribution in [0.2, 0.25) is 0 Å². The molecule has 5 heteroatoms. The standard InChI is InChI=1S/C15H17N3OS/c19-15(11-2-1-3-12-14(11)20-9-16-12)17-13-8-18-6-4-10(13)5-7-18/h1-3,9-10,13H,4-8H2,(H,17,19)/t13-/m0/s1. The van der Waals surface area contributed by atoms with Crippen LogP contribution in [0.25, 0.3) is 10.2 Å². The number of carbonyl (C=O) groups excluding carboxylic acids is 1. The largest absolute Gasteiger partial charge is 0.348 e. The molecule has 0 spiro atoms. The van der Waals surface area contributed by atoms with Crippen molar-refractivity contribution in [2.24, 2.45) is 5.92 Å². The van der Waals surface area contributed by atoms with Gasteiger partial charge in [-0.1, -0.05) is 6.07 Å². The first-order valence-corrected chi connectivity index (χ1v) is 8.04. The van der Waals surface area contributed by atoms with Crippen LogP contribution in [0.5, 0.6) is 0 Å². The molecule has 0 unspecified atom stereocenters. The monoisotopic (exact) mass is 287 g/mol. The molecule has 4 heterocycles. The molecule has 0 aliphatic carbocycles. The summed E-state index contributed by atoms with van der Waals surface area (Å²) in [7, 11) is 0. The average Bonchev–Trinajstić information content (AvgIpc) is 2.96. The number of nitrogens with zero attached hydrogens (tertiary/aromatic N) is 2. The van der Waals surface area contributed by atoms with E-state index in [1.807, 2.05) is 18.2 Å². The third-order valence-electron chi connectivity index (χ3n) is 4.57. The van der Waals surface area contributed by atoms with Crippen LogP contribution in [0.4, 0.5) is 0 Å². The Morgan fingerprint density at radius 1 is 1.35 bits per heavy atom. The minimum Gasteiger partial charge on any atom is -0.348 e. The highest BCUT2D eigenvalue weighted by Gasteiger charge is 2.35. The van der Waals surface area contributed by atoms with E-state index in [4.69, 9.17) is 0 Å². The molecule has 2 bridgehead atoms. The number of piperidine rings is 3. The zero-order valence-corrected chi connectivity index (χ0v) is 12.0. The fourth-order valence-electron chi connectivity index (χ4n) is 3.44. The van der Waals surface area contributed by atoms with Crippen LogP contribution in [0, 0.1) is 5.92 Å². The maximum absolute atomic E-state index is 12.6. The van der Waals surface area contributed by atoms with Crippen LogP contribution >= 0.6 is 11.3 Å². The normalized spacial score (nSPS) is 28.7. The van der Waals surface area contributed by atoms with E-state index in [-0.39, 0.29) is 5.91 Å². The van der Waals surface area contributed by atoms with Crippen molar-refractivity contribution in [3.05, 3.63) is 29.3 Å². The van der Waals surface area contributed by atoms with E-state index in [2.05, 4.69) is 15.2 Å². The van der Waals surface area contributed by atoms with Gasteiger partial charge in [-0.2, -0.15) is 0 Å². The number of rotatable bonds is 2. The number of hydrogen-bond donors (Lipinski definition) is 1. The predicted octanol–water partition coefficient (Wildman–Crippen LogP) is 2.12. The lowest BCUT2D eigenvalue weighted by molar-refractivity contribution is 0.0621. The summed E-state index contributed by atoms with van der Waals surface area (Å²) >= 11 is 1.54. The van der Waals surface area contributed by atoms with Crippen molar-refractivity contribution in [1.29, 1.82) is 0 Å². The maximum Gasteiger partial charge on any atom is 0.253 e. The zero-order chi connectivity index (χ0) is 13.5. The molecule has 104 valence electrons. The Kier molecular flexibility index (Phi) is 2.97. The first-order valence-electron chi connectivity index (χ1n) is 7.17. The summed E-state index contributed by atoms with van der Waals surface area (Å²) in [6.07, 6.45) is 2.44. The van der Waals surface area contributed by atoms with Crippen LogP contribution in [0.3, 0.4) is 0 Å². The number of amides is 1. The summed E-state index contributed by atoms with van der Waals surface area (Å²) in [4.78, 5) is 19.3. The molecule has 4 nitrogen and oxygen atoms in total. The molecule has 1 amide bonds. The van der Waals surface area contributed by atoms with Gasteiger partial charge in [0, 0.05) is 12.6 Å². The number of aromatic nitrogens is 1. The Balaban J connectivity index is 1.57. The highest BCUT2D eigenvalue weighted by atomic mass is 32.1. The van der Waals surface area contributed by atoms with E-state index >= 15 is 0 Å². The fourth-order valence-corrected chi connectivity index (χ4v) is 4.24. The number of nitrogens with one attached hydrogen (secondary N) is 1. The molecule has 1 aromatic carbocycles. The second-order valence-corrected chi connectivity index (χ2v) is 6.58. The van der Waals surface area contributed by atoms with Gasteiger partial charge in [0.25, 0.3) is 5.91 Å². The lowest BCUT2D eigenvalue weighted by Crippen LogP contribution is -2.57. The van der Waals surface area contributed by atoms with E-state index in [1.165, 1.54) is 37.3 Å². The van der Waals surface area contributed by atoms with Gasteiger partial charge >= 0.3 is 0 Å². The van der Waals surface area contributed by atoms with Gasteiger partial charge < -0.3 is 10.2 Å². The topological polar surface area (TPSA) is 45.2 Å². The van der Waals surface area contributed by atoms with E-state index in [9.17, 15) is 4.79 Å². The summed E-state index contributed by atoms with van der Waals surface area (Å²) in [6.45, 7) is 3.40. The minimum atomic E-state index is 0.0543. The Morgan fingerprint density at radius 2 is 2.20 bits per heavy atom. The fraction of sp³-hybridized carbons (Fsp3) is 0.467. The van der Waals surface area contributed by atoms with Gasteiger partial charge in [0.2, 0.25) is 0 Å². The molecular weight excluding hydrogens is 270 g/mol.